The Bertz CT molecular complexity index is 195. The van der Waals surface area contributed by atoms with E-state index in [1.54, 1.807) is 0 Å². The van der Waals surface area contributed by atoms with E-state index in [0.29, 0.717) is 5.92 Å². The summed E-state index contributed by atoms with van der Waals surface area (Å²) >= 11 is 0. The maximum atomic E-state index is 11.2. The molecule has 2 bridgehead atoms. The van der Waals surface area contributed by atoms with Crippen LogP contribution in [0.2, 0.25) is 0 Å². The van der Waals surface area contributed by atoms with Crippen molar-refractivity contribution >= 4 is 5.97 Å². The van der Waals surface area contributed by atoms with Gasteiger partial charge in [-0.2, -0.15) is 0 Å². The molecule has 2 saturated heterocycles. The van der Waals surface area contributed by atoms with Gasteiger partial charge in [-0.05, 0) is 6.42 Å². The van der Waals surface area contributed by atoms with Gasteiger partial charge in [0, 0.05) is 19.0 Å². The molecule has 4 nitrogen and oxygen atoms in total. The number of fused-ring (bicyclic) bond motifs is 2. The number of esters is 1. The van der Waals surface area contributed by atoms with Gasteiger partial charge in [-0.15, -0.1) is 0 Å². The highest BCUT2D eigenvalue weighted by molar-refractivity contribution is 5.75. The lowest BCUT2D eigenvalue weighted by Crippen LogP contribution is -2.36. The summed E-state index contributed by atoms with van der Waals surface area (Å²) in [5.74, 6) is 0.0856. The predicted molar refractivity (Wildman–Crippen MR) is 41.7 cm³/mol. The van der Waals surface area contributed by atoms with Crippen molar-refractivity contribution in [3.8, 4) is 0 Å². The molecule has 1 N–H and O–H groups in total. The van der Waals surface area contributed by atoms with Crippen LogP contribution in [-0.2, 0) is 14.3 Å². The lowest BCUT2D eigenvalue weighted by atomic mass is 9.96. The highest BCUT2D eigenvalue weighted by Gasteiger charge is 2.42. The van der Waals surface area contributed by atoms with Crippen LogP contribution in [0, 0.1) is 5.92 Å². The Morgan fingerprint density at radius 1 is 1.58 bits per heavy atom. The molecule has 3 atom stereocenters. The maximum absolute atomic E-state index is 11.2. The molecule has 0 aromatic heterocycles. The van der Waals surface area contributed by atoms with Gasteiger partial charge in [-0.1, -0.05) is 0 Å². The lowest BCUT2D eigenvalue weighted by molar-refractivity contribution is -0.154. The molecule has 2 aliphatic rings. The number of rotatable bonds is 1. The van der Waals surface area contributed by atoms with Crippen molar-refractivity contribution < 1.29 is 14.3 Å². The Morgan fingerprint density at radius 2 is 2.42 bits per heavy atom. The van der Waals surface area contributed by atoms with Crippen LogP contribution in [0.15, 0.2) is 0 Å². The largest absolute Gasteiger partial charge is 0.467 e. The Balaban J connectivity index is 2.04. The number of methoxy groups -OCH3 is 1. The summed E-state index contributed by atoms with van der Waals surface area (Å²) in [5.41, 5.74) is 0. The van der Waals surface area contributed by atoms with E-state index in [1.165, 1.54) is 7.11 Å². The van der Waals surface area contributed by atoms with Gasteiger partial charge in [0.25, 0.3) is 0 Å². The monoisotopic (exact) mass is 171 g/mol. The molecule has 0 radical (unpaired) electrons. The summed E-state index contributed by atoms with van der Waals surface area (Å²) in [4.78, 5) is 11.2. The molecule has 3 unspecified atom stereocenters. The minimum atomic E-state index is -0.324. The predicted octanol–water partition coefficient (Wildman–Crippen LogP) is -0.464. The van der Waals surface area contributed by atoms with Gasteiger partial charge in [0.05, 0.1) is 13.2 Å². The number of nitrogens with one attached hydrogen (secondary N) is 1. The highest BCUT2D eigenvalue weighted by atomic mass is 16.6. The third kappa shape index (κ3) is 1.21. The first-order chi connectivity index (χ1) is 5.81. The molecule has 0 spiro atoms. The van der Waals surface area contributed by atoms with Crippen LogP contribution in [0.3, 0.4) is 0 Å². The summed E-state index contributed by atoms with van der Waals surface area (Å²) in [6.07, 6.45) is 0.884. The van der Waals surface area contributed by atoms with Gasteiger partial charge in [0.2, 0.25) is 0 Å². The SMILES string of the molecule is COC(=O)C1OC2CNCC1C2. The number of hydrogen-bond acceptors (Lipinski definition) is 4. The second-order valence-electron chi connectivity index (χ2n) is 3.36. The molecule has 2 fully saturated rings. The van der Waals surface area contributed by atoms with Gasteiger partial charge in [-0.3, -0.25) is 0 Å². The molecular weight excluding hydrogens is 158 g/mol. The molecule has 12 heavy (non-hydrogen) atoms. The highest BCUT2D eigenvalue weighted by Crippen LogP contribution is 2.29. The average molecular weight is 171 g/mol. The Morgan fingerprint density at radius 3 is 3.08 bits per heavy atom. The van der Waals surface area contributed by atoms with E-state index >= 15 is 0 Å². The average Bonchev–Trinajstić information content (AvgIpc) is 2.40. The standard InChI is InChI=1S/C8H13NO3/c1-11-8(10)7-5-2-6(12-7)4-9-3-5/h5-7,9H,2-4H2,1H3. The first-order valence-electron chi connectivity index (χ1n) is 4.25. The third-order valence-corrected chi connectivity index (χ3v) is 2.54. The molecule has 2 aliphatic heterocycles. The van der Waals surface area contributed by atoms with Crippen molar-refractivity contribution in [3.05, 3.63) is 0 Å². The number of piperidine rings is 1. The van der Waals surface area contributed by atoms with Crippen LogP contribution in [0.4, 0.5) is 0 Å². The van der Waals surface area contributed by atoms with E-state index in [4.69, 9.17) is 4.74 Å². The van der Waals surface area contributed by atoms with E-state index in [9.17, 15) is 4.79 Å². The molecule has 0 aliphatic carbocycles. The summed E-state index contributed by atoms with van der Waals surface area (Å²) in [6.45, 7) is 1.74. The van der Waals surface area contributed by atoms with E-state index in [1.807, 2.05) is 0 Å². The molecule has 2 rings (SSSR count). The zero-order valence-corrected chi connectivity index (χ0v) is 7.08. The normalized spacial score (nSPS) is 39.6. The second-order valence-corrected chi connectivity index (χ2v) is 3.36. The molecule has 0 saturated carbocycles. The van der Waals surface area contributed by atoms with Crippen molar-refractivity contribution in [2.45, 2.75) is 18.6 Å². The number of ether oxygens (including phenoxy) is 2. The Hall–Kier alpha value is -0.610. The van der Waals surface area contributed by atoms with Gasteiger partial charge in [0.1, 0.15) is 0 Å². The van der Waals surface area contributed by atoms with Crippen LogP contribution >= 0.6 is 0 Å². The van der Waals surface area contributed by atoms with Crippen molar-refractivity contribution in [1.82, 2.24) is 5.32 Å². The van der Waals surface area contributed by atoms with Crippen LogP contribution in [0.1, 0.15) is 6.42 Å². The van der Waals surface area contributed by atoms with Crippen LogP contribution in [0.5, 0.6) is 0 Å². The fraction of sp³-hybridized carbons (Fsp3) is 0.875. The zero-order chi connectivity index (χ0) is 8.55. The van der Waals surface area contributed by atoms with E-state index in [2.05, 4.69) is 10.1 Å². The van der Waals surface area contributed by atoms with Crippen molar-refractivity contribution in [3.63, 3.8) is 0 Å². The van der Waals surface area contributed by atoms with Crippen LogP contribution in [0.25, 0.3) is 0 Å². The molecule has 2 heterocycles. The number of carbonyl (C=O) groups is 1. The van der Waals surface area contributed by atoms with Crippen molar-refractivity contribution in [2.24, 2.45) is 5.92 Å². The third-order valence-electron chi connectivity index (χ3n) is 2.54. The smallest absolute Gasteiger partial charge is 0.335 e. The van der Waals surface area contributed by atoms with E-state index < -0.39 is 0 Å². The summed E-state index contributed by atoms with van der Waals surface area (Å²) in [6, 6.07) is 0. The second kappa shape index (κ2) is 3.03. The lowest BCUT2D eigenvalue weighted by Gasteiger charge is -2.17. The molecule has 68 valence electrons. The number of hydrogen-bond donors (Lipinski definition) is 1. The van der Waals surface area contributed by atoms with E-state index in [0.717, 1.165) is 19.5 Å². The first kappa shape index (κ1) is 8.01. The van der Waals surface area contributed by atoms with Gasteiger partial charge in [0.15, 0.2) is 6.10 Å². The first-order valence-corrected chi connectivity index (χ1v) is 4.25. The van der Waals surface area contributed by atoms with Crippen molar-refractivity contribution in [2.75, 3.05) is 20.2 Å². The van der Waals surface area contributed by atoms with Gasteiger partial charge < -0.3 is 14.8 Å². The van der Waals surface area contributed by atoms with Crippen molar-refractivity contribution in [1.29, 1.82) is 0 Å². The molecule has 4 heteroatoms. The quantitative estimate of drug-likeness (QED) is 0.542. The zero-order valence-electron chi connectivity index (χ0n) is 7.08. The molecular formula is C8H13NO3. The van der Waals surface area contributed by atoms with Crippen LogP contribution < -0.4 is 5.32 Å². The van der Waals surface area contributed by atoms with Gasteiger partial charge in [-0.25, -0.2) is 4.79 Å². The molecule has 0 aromatic rings. The minimum absolute atomic E-state index is 0.216. The fourth-order valence-corrected chi connectivity index (χ4v) is 1.95. The maximum Gasteiger partial charge on any atom is 0.335 e. The Labute approximate surface area is 71.2 Å². The van der Waals surface area contributed by atoms with Crippen LogP contribution in [-0.4, -0.2) is 38.4 Å². The minimum Gasteiger partial charge on any atom is -0.467 e. The molecule has 0 amide bonds. The number of carbonyl (C=O) groups excluding carboxylic acids is 1. The topological polar surface area (TPSA) is 47.6 Å². The summed E-state index contributed by atoms with van der Waals surface area (Å²) < 4.78 is 10.2. The Kier molecular flexibility index (Phi) is 2.02. The fourth-order valence-electron chi connectivity index (χ4n) is 1.95. The van der Waals surface area contributed by atoms with E-state index in [-0.39, 0.29) is 18.2 Å². The summed E-state index contributed by atoms with van der Waals surface area (Å²) in [7, 11) is 1.40. The van der Waals surface area contributed by atoms with Gasteiger partial charge >= 0.3 is 5.97 Å². The summed E-state index contributed by atoms with van der Waals surface area (Å²) in [5, 5.41) is 3.22. The molecule has 0 aromatic carbocycles.